The molecule has 0 aliphatic carbocycles. The van der Waals surface area contributed by atoms with E-state index >= 15 is 0 Å². The van der Waals surface area contributed by atoms with Crippen LogP contribution in [-0.4, -0.2) is 29.1 Å². The molecule has 0 atom stereocenters. The Morgan fingerprint density at radius 3 is 1.70 bits per heavy atom. The molecule has 6 nitrogen and oxygen atoms in total. The summed E-state index contributed by atoms with van der Waals surface area (Å²) in [6.45, 7) is 0. The molecule has 4 heterocycles. The van der Waals surface area contributed by atoms with E-state index < -0.39 is 0 Å². The highest BCUT2D eigenvalue weighted by atomic mass is 15.2. The van der Waals surface area contributed by atoms with E-state index in [1.54, 1.807) is 0 Å². The zero-order valence-electron chi connectivity index (χ0n) is 26.8. The van der Waals surface area contributed by atoms with Crippen molar-refractivity contribution in [3.63, 3.8) is 0 Å². The fourth-order valence-corrected chi connectivity index (χ4v) is 7.13. The lowest BCUT2D eigenvalue weighted by Gasteiger charge is -2.11. The minimum Gasteiger partial charge on any atom is -0.309 e. The van der Waals surface area contributed by atoms with E-state index in [-0.39, 0.29) is 0 Å². The van der Waals surface area contributed by atoms with E-state index in [1.807, 2.05) is 72.9 Å². The maximum absolute atomic E-state index is 5.09. The van der Waals surface area contributed by atoms with E-state index in [0.717, 1.165) is 49.9 Å². The van der Waals surface area contributed by atoms with Gasteiger partial charge in [-0.25, -0.2) is 4.98 Å². The fraction of sp³-hybridized carbons (Fsp3) is 0. The molecule has 0 bridgehead atoms. The van der Waals surface area contributed by atoms with Crippen molar-refractivity contribution in [1.82, 2.24) is 29.1 Å². The van der Waals surface area contributed by atoms with Crippen LogP contribution < -0.4 is 0 Å². The summed E-state index contributed by atoms with van der Waals surface area (Å²) in [4.78, 5) is 19.9. The number of pyridine rings is 1. The van der Waals surface area contributed by atoms with Crippen molar-refractivity contribution in [2.45, 2.75) is 0 Å². The Balaban J connectivity index is 1.20. The van der Waals surface area contributed by atoms with Crippen LogP contribution >= 0.6 is 0 Å². The van der Waals surface area contributed by atoms with Gasteiger partial charge in [-0.1, -0.05) is 109 Å². The second kappa shape index (κ2) is 11.4. The van der Waals surface area contributed by atoms with Gasteiger partial charge in [0, 0.05) is 39.2 Å². The van der Waals surface area contributed by atoms with Gasteiger partial charge in [-0.15, -0.1) is 0 Å². The molecule has 0 amide bonds. The first-order valence-electron chi connectivity index (χ1n) is 16.7. The van der Waals surface area contributed by atoms with Crippen molar-refractivity contribution in [3.05, 3.63) is 170 Å². The first-order chi connectivity index (χ1) is 24.8. The Kier molecular flexibility index (Phi) is 6.39. The summed E-state index contributed by atoms with van der Waals surface area (Å²) in [6.07, 6.45) is 1.84. The van der Waals surface area contributed by atoms with Crippen LogP contribution in [0.5, 0.6) is 0 Å². The number of para-hydroxylation sites is 2. The normalized spacial score (nSPS) is 11.6. The molecular weight excluding hydrogens is 613 g/mol. The number of rotatable bonds is 5. The van der Waals surface area contributed by atoms with Gasteiger partial charge in [0.05, 0.1) is 27.6 Å². The Labute approximate surface area is 287 Å². The number of hydrogen-bond acceptors (Lipinski definition) is 4. The number of nitrogens with zero attached hydrogens (tertiary/aromatic N) is 6. The summed E-state index contributed by atoms with van der Waals surface area (Å²) >= 11 is 0. The highest BCUT2D eigenvalue weighted by Crippen LogP contribution is 2.37. The number of hydrogen-bond donors (Lipinski definition) is 0. The molecule has 0 fully saturated rings. The Morgan fingerprint density at radius 2 is 0.960 bits per heavy atom. The Bertz CT molecular complexity index is 2800. The van der Waals surface area contributed by atoms with Crippen LogP contribution in [0, 0.1) is 0 Å². The molecule has 0 aliphatic heterocycles. The van der Waals surface area contributed by atoms with E-state index in [9.17, 15) is 0 Å². The van der Waals surface area contributed by atoms with Crippen LogP contribution in [0.4, 0.5) is 0 Å². The van der Waals surface area contributed by atoms with Crippen molar-refractivity contribution in [1.29, 1.82) is 0 Å². The second-order valence-electron chi connectivity index (χ2n) is 12.4. The Hall–Kier alpha value is -6.92. The Morgan fingerprint density at radius 1 is 0.360 bits per heavy atom. The van der Waals surface area contributed by atoms with E-state index in [2.05, 4.69) is 106 Å². The quantitative estimate of drug-likeness (QED) is 0.188. The van der Waals surface area contributed by atoms with Crippen molar-refractivity contribution >= 4 is 43.7 Å². The van der Waals surface area contributed by atoms with Gasteiger partial charge in [-0.3, -0.25) is 9.55 Å². The van der Waals surface area contributed by atoms with Gasteiger partial charge in [0.1, 0.15) is 0 Å². The van der Waals surface area contributed by atoms with Gasteiger partial charge in [-0.05, 0) is 65.7 Å². The number of aromatic nitrogens is 6. The molecule has 6 aromatic carbocycles. The van der Waals surface area contributed by atoms with Crippen LogP contribution in [0.2, 0.25) is 0 Å². The minimum atomic E-state index is 0.546. The predicted molar refractivity (Wildman–Crippen MR) is 203 cm³/mol. The van der Waals surface area contributed by atoms with Gasteiger partial charge in [0.25, 0.3) is 0 Å². The molecule has 4 aromatic heterocycles. The highest BCUT2D eigenvalue weighted by Gasteiger charge is 2.20. The van der Waals surface area contributed by atoms with Crippen molar-refractivity contribution < 1.29 is 0 Å². The molecule has 234 valence electrons. The molecule has 0 unspecified atom stereocenters. The monoisotopic (exact) mass is 640 g/mol. The average molecular weight is 641 g/mol. The largest absolute Gasteiger partial charge is 0.309 e. The summed E-state index contributed by atoms with van der Waals surface area (Å²) in [6, 6.07) is 56.8. The SMILES string of the molecule is c1ccc(-c2nc(-c3ccccc3)nc(-n3c4cc(-c5ccc6c(c5)c5ccccc5n6-c5ccccc5)ccc4c4ncccc43)n2)cc1. The minimum absolute atomic E-state index is 0.546. The maximum atomic E-state index is 5.09. The van der Waals surface area contributed by atoms with Gasteiger partial charge < -0.3 is 4.57 Å². The van der Waals surface area contributed by atoms with Crippen LogP contribution in [0.15, 0.2) is 170 Å². The molecular formula is C44H28N6. The van der Waals surface area contributed by atoms with Crippen LogP contribution in [0.3, 0.4) is 0 Å². The second-order valence-corrected chi connectivity index (χ2v) is 12.4. The molecule has 0 N–H and O–H groups in total. The predicted octanol–water partition coefficient (Wildman–Crippen LogP) is 10.5. The summed E-state index contributed by atoms with van der Waals surface area (Å²) in [7, 11) is 0. The molecule has 0 saturated carbocycles. The lowest BCUT2D eigenvalue weighted by atomic mass is 10.0. The van der Waals surface area contributed by atoms with Gasteiger partial charge in [0.15, 0.2) is 11.6 Å². The topological polar surface area (TPSA) is 61.4 Å². The zero-order valence-corrected chi connectivity index (χ0v) is 26.8. The van der Waals surface area contributed by atoms with Crippen molar-refractivity contribution in [2.75, 3.05) is 0 Å². The molecule has 10 aromatic rings. The lowest BCUT2D eigenvalue weighted by molar-refractivity contribution is 0.953. The van der Waals surface area contributed by atoms with Gasteiger partial charge >= 0.3 is 0 Å². The number of fused-ring (bicyclic) bond motifs is 6. The van der Waals surface area contributed by atoms with Crippen LogP contribution in [0.25, 0.3) is 89.3 Å². The smallest absolute Gasteiger partial charge is 0.238 e. The standard InChI is InChI=1S/C44H28N6/c1-4-13-29(14-5-1)42-46-43(30-15-6-2-7-16-30)48-44(47-42)50-39-21-12-26-45-41(39)35-24-22-32(28-40(35)50)31-23-25-38-36(27-31)34-19-10-11-20-37(34)49(38)33-17-8-3-9-18-33/h1-28H. The van der Waals surface area contributed by atoms with Gasteiger partial charge in [-0.2, -0.15) is 9.97 Å². The molecule has 6 heteroatoms. The summed E-state index contributed by atoms with van der Waals surface area (Å²) in [5, 5.41) is 3.47. The molecule has 0 saturated heterocycles. The first-order valence-corrected chi connectivity index (χ1v) is 16.7. The molecule has 50 heavy (non-hydrogen) atoms. The average Bonchev–Trinajstić information content (AvgIpc) is 3.71. The van der Waals surface area contributed by atoms with Gasteiger partial charge in [0.2, 0.25) is 5.95 Å². The van der Waals surface area contributed by atoms with E-state index in [4.69, 9.17) is 19.9 Å². The van der Waals surface area contributed by atoms with E-state index in [1.165, 1.54) is 21.8 Å². The van der Waals surface area contributed by atoms with Crippen LogP contribution in [-0.2, 0) is 0 Å². The van der Waals surface area contributed by atoms with Crippen molar-refractivity contribution in [2.24, 2.45) is 0 Å². The van der Waals surface area contributed by atoms with Crippen molar-refractivity contribution in [3.8, 4) is 45.5 Å². The molecule has 0 spiro atoms. The fourth-order valence-electron chi connectivity index (χ4n) is 7.13. The lowest BCUT2D eigenvalue weighted by Crippen LogP contribution is -2.06. The third kappa shape index (κ3) is 4.50. The maximum Gasteiger partial charge on any atom is 0.238 e. The summed E-state index contributed by atoms with van der Waals surface area (Å²) in [5.41, 5.74) is 10.4. The number of benzene rings is 6. The van der Waals surface area contributed by atoms with Crippen LogP contribution in [0.1, 0.15) is 0 Å². The molecule has 0 radical (unpaired) electrons. The highest BCUT2D eigenvalue weighted by molar-refractivity contribution is 6.11. The summed E-state index contributed by atoms with van der Waals surface area (Å²) < 4.78 is 4.47. The third-order valence-corrected chi connectivity index (χ3v) is 9.43. The summed E-state index contributed by atoms with van der Waals surface area (Å²) in [5.74, 6) is 1.78. The third-order valence-electron chi connectivity index (χ3n) is 9.43. The molecule has 10 rings (SSSR count). The first kappa shape index (κ1) is 28.1. The molecule has 0 aliphatic rings. The van der Waals surface area contributed by atoms with E-state index in [0.29, 0.717) is 17.6 Å². The zero-order chi connectivity index (χ0) is 33.0.